The normalized spacial score (nSPS) is 17.9. The van der Waals surface area contributed by atoms with Crippen LogP contribution < -0.4 is 5.32 Å². The summed E-state index contributed by atoms with van der Waals surface area (Å²) < 4.78 is 0. The first-order valence-electron chi connectivity index (χ1n) is 7.00. The van der Waals surface area contributed by atoms with Crippen molar-refractivity contribution >= 4 is 0 Å². The highest BCUT2D eigenvalue weighted by Gasteiger charge is 2.21. The Hall–Kier alpha value is -1.02. The van der Waals surface area contributed by atoms with Crippen LogP contribution in [-0.4, -0.2) is 18.2 Å². The predicted octanol–water partition coefficient (Wildman–Crippen LogP) is 3.23. The molecule has 1 fully saturated rings. The zero-order chi connectivity index (χ0) is 13.2. The Labute approximate surface area is 110 Å². The topological polar surface area (TPSA) is 32.3 Å². The zero-order valence-electron chi connectivity index (χ0n) is 11.8. The average Bonchev–Trinajstić information content (AvgIpc) is 2.32. The largest absolute Gasteiger partial charge is 0.507 e. The maximum absolute atomic E-state index is 10.4. The first-order chi connectivity index (χ1) is 8.48. The Bertz CT molecular complexity index is 400. The minimum Gasteiger partial charge on any atom is -0.507 e. The van der Waals surface area contributed by atoms with Crippen LogP contribution >= 0.6 is 0 Å². The van der Waals surface area contributed by atoms with Crippen molar-refractivity contribution < 1.29 is 5.11 Å². The Morgan fingerprint density at radius 2 is 1.89 bits per heavy atom. The van der Waals surface area contributed by atoms with Gasteiger partial charge >= 0.3 is 0 Å². The van der Waals surface area contributed by atoms with Gasteiger partial charge in [0.2, 0.25) is 0 Å². The van der Waals surface area contributed by atoms with E-state index in [2.05, 4.69) is 38.2 Å². The van der Waals surface area contributed by atoms with E-state index in [1.807, 2.05) is 6.07 Å². The van der Waals surface area contributed by atoms with Crippen LogP contribution in [0.25, 0.3) is 0 Å². The summed E-state index contributed by atoms with van der Waals surface area (Å²) in [6, 6.07) is 6.20. The molecule has 2 heteroatoms. The molecule has 1 heterocycles. The molecule has 2 rings (SSSR count). The molecule has 100 valence electrons. The van der Waals surface area contributed by atoms with Crippen LogP contribution in [0.3, 0.4) is 0 Å². The first-order valence-corrected chi connectivity index (χ1v) is 7.00. The molecule has 0 aromatic heterocycles. The van der Waals surface area contributed by atoms with Gasteiger partial charge in [-0.15, -0.1) is 0 Å². The number of phenols is 1. The fourth-order valence-corrected chi connectivity index (χ4v) is 2.76. The molecule has 0 atom stereocenters. The number of hydrogen-bond donors (Lipinski definition) is 2. The first kappa shape index (κ1) is 13.4. The van der Waals surface area contributed by atoms with E-state index in [0.717, 1.165) is 30.6 Å². The summed E-state index contributed by atoms with van der Waals surface area (Å²) >= 11 is 0. The summed E-state index contributed by atoms with van der Waals surface area (Å²) in [6.07, 6.45) is 3.45. The van der Waals surface area contributed by atoms with Gasteiger partial charge in [-0.05, 0) is 54.8 Å². The second kappa shape index (κ2) is 5.31. The van der Waals surface area contributed by atoms with E-state index in [4.69, 9.17) is 0 Å². The monoisotopic (exact) mass is 247 g/mol. The number of para-hydroxylation sites is 1. The highest BCUT2D eigenvalue weighted by Crippen LogP contribution is 2.34. The lowest BCUT2D eigenvalue weighted by Gasteiger charge is -2.25. The lowest BCUT2D eigenvalue weighted by Crippen LogP contribution is -2.28. The van der Waals surface area contributed by atoms with Crippen LogP contribution in [-0.2, 0) is 11.8 Å². The number of nitrogens with one attached hydrogen (secondary N) is 1. The van der Waals surface area contributed by atoms with Gasteiger partial charge in [-0.3, -0.25) is 0 Å². The number of hydrogen-bond acceptors (Lipinski definition) is 2. The van der Waals surface area contributed by atoms with Crippen molar-refractivity contribution in [2.75, 3.05) is 13.1 Å². The predicted molar refractivity (Wildman–Crippen MR) is 76.1 cm³/mol. The minimum atomic E-state index is 0.00815. The summed E-state index contributed by atoms with van der Waals surface area (Å²) in [6.45, 7) is 8.68. The van der Waals surface area contributed by atoms with E-state index in [1.165, 1.54) is 12.8 Å². The molecule has 0 saturated carbocycles. The molecule has 0 bridgehead atoms. The van der Waals surface area contributed by atoms with Crippen molar-refractivity contribution in [1.29, 1.82) is 0 Å². The number of benzene rings is 1. The SMILES string of the molecule is CC(C)(C)c1cccc(CC2CCNCC2)c1O. The third-order valence-corrected chi connectivity index (χ3v) is 3.89. The second-order valence-electron chi connectivity index (χ2n) is 6.46. The molecular formula is C16H25NO. The summed E-state index contributed by atoms with van der Waals surface area (Å²) in [5.74, 6) is 1.23. The van der Waals surface area contributed by atoms with Gasteiger partial charge in [0.15, 0.2) is 0 Å². The van der Waals surface area contributed by atoms with E-state index < -0.39 is 0 Å². The molecule has 1 saturated heterocycles. The summed E-state index contributed by atoms with van der Waals surface area (Å²) in [4.78, 5) is 0. The molecular weight excluding hydrogens is 222 g/mol. The lowest BCUT2D eigenvalue weighted by molar-refractivity contribution is 0.364. The van der Waals surface area contributed by atoms with E-state index in [1.54, 1.807) is 0 Å². The molecule has 1 aromatic carbocycles. The van der Waals surface area contributed by atoms with Gasteiger partial charge < -0.3 is 10.4 Å². The van der Waals surface area contributed by atoms with Crippen LogP contribution in [0.1, 0.15) is 44.7 Å². The summed E-state index contributed by atoms with van der Waals surface area (Å²) in [5.41, 5.74) is 2.19. The summed E-state index contributed by atoms with van der Waals surface area (Å²) in [5, 5.41) is 13.8. The van der Waals surface area contributed by atoms with E-state index in [9.17, 15) is 5.11 Å². The smallest absolute Gasteiger partial charge is 0.122 e. The van der Waals surface area contributed by atoms with E-state index >= 15 is 0 Å². The van der Waals surface area contributed by atoms with Gasteiger partial charge in [-0.1, -0.05) is 39.0 Å². The molecule has 0 aliphatic carbocycles. The van der Waals surface area contributed by atoms with Crippen LogP contribution in [0, 0.1) is 5.92 Å². The quantitative estimate of drug-likeness (QED) is 0.841. The molecule has 2 nitrogen and oxygen atoms in total. The molecule has 2 N–H and O–H groups in total. The highest BCUT2D eigenvalue weighted by atomic mass is 16.3. The number of piperidine rings is 1. The average molecular weight is 247 g/mol. The number of rotatable bonds is 2. The van der Waals surface area contributed by atoms with Gasteiger partial charge in [-0.2, -0.15) is 0 Å². The number of aromatic hydroxyl groups is 1. The Balaban J connectivity index is 2.18. The molecule has 1 aliphatic heterocycles. The third-order valence-electron chi connectivity index (χ3n) is 3.89. The van der Waals surface area contributed by atoms with Crippen LogP contribution in [0.5, 0.6) is 5.75 Å². The Morgan fingerprint density at radius 3 is 2.50 bits per heavy atom. The Kier molecular flexibility index (Phi) is 3.96. The van der Waals surface area contributed by atoms with Crippen LogP contribution in [0.4, 0.5) is 0 Å². The zero-order valence-corrected chi connectivity index (χ0v) is 11.8. The van der Waals surface area contributed by atoms with E-state index in [0.29, 0.717) is 11.7 Å². The van der Waals surface area contributed by atoms with Crippen LogP contribution in [0.2, 0.25) is 0 Å². The Morgan fingerprint density at radius 1 is 1.22 bits per heavy atom. The van der Waals surface area contributed by atoms with Gasteiger partial charge in [0.25, 0.3) is 0 Å². The summed E-state index contributed by atoms with van der Waals surface area (Å²) in [7, 11) is 0. The third kappa shape index (κ3) is 3.05. The second-order valence-corrected chi connectivity index (χ2v) is 6.46. The maximum Gasteiger partial charge on any atom is 0.122 e. The highest BCUT2D eigenvalue weighted by molar-refractivity contribution is 5.44. The molecule has 0 unspecified atom stereocenters. The maximum atomic E-state index is 10.4. The van der Waals surface area contributed by atoms with Crippen molar-refractivity contribution in [2.24, 2.45) is 5.92 Å². The van der Waals surface area contributed by atoms with Gasteiger partial charge in [0, 0.05) is 0 Å². The van der Waals surface area contributed by atoms with Crippen LogP contribution in [0.15, 0.2) is 18.2 Å². The molecule has 1 aromatic rings. The molecule has 0 spiro atoms. The number of phenolic OH excluding ortho intramolecular Hbond substituents is 1. The molecule has 1 aliphatic rings. The van der Waals surface area contributed by atoms with Crippen molar-refractivity contribution in [2.45, 2.75) is 45.4 Å². The van der Waals surface area contributed by atoms with Crippen molar-refractivity contribution in [3.8, 4) is 5.75 Å². The molecule has 18 heavy (non-hydrogen) atoms. The van der Waals surface area contributed by atoms with E-state index in [-0.39, 0.29) is 5.41 Å². The van der Waals surface area contributed by atoms with Gasteiger partial charge in [0.05, 0.1) is 0 Å². The van der Waals surface area contributed by atoms with Gasteiger partial charge in [0.1, 0.15) is 5.75 Å². The fourth-order valence-electron chi connectivity index (χ4n) is 2.76. The van der Waals surface area contributed by atoms with Crippen molar-refractivity contribution in [3.05, 3.63) is 29.3 Å². The lowest BCUT2D eigenvalue weighted by atomic mass is 9.83. The van der Waals surface area contributed by atoms with Crippen molar-refractivity contribution in [3.63, 3.8) is 0 Å². The standard InChI is InChI=1S/C16H25NO/c1-16(2,3)14-6-4-5-13(15(14)18)11-12-7-9-17-10-8-12/h4-6,12,17-18H,7-11H2,1-3H3. The molecule has 0 amide bonds. The molecule has 0 radical (unpaired) electrons. The fraction of sp³-hybridized carbons (Fsp3) is 0.625. The van der Waals surface area contributed by atoms with Crippen molar-refractivity contribution in [1.82, 2.24) is 5.32 Å². The minimum absolute atomic E-state index is 0.00815. The van der Waals surface area contributed by atoms with Gasteiger partial charge in [-0.25, -0.2) is 0 Å².